The van der Waals surface area contributed by atoms with Gasteiger partial charge in [-0.1, -0.05) is 400 Å². The number of rotatable bonds is 84. The first kappa shape index (κ1) is 100. The molecule has 3 N–H and O–H groups in total. The first-order valence-electron chi connectivity index (χ1n) is 43.3. The molecule has 0 aliphatic carbocycles. The first-order valence-corrected chi connectivity index (χ1v) is 46.3. The molecular formula is C83H162O17P2. The van der Waals surface area contributed by atoms with E-state index in [-0.39, 0.29) is 25.7 Å². The van der Waals surface area contributed by atoms with Gasteiger partial charge in [-0.2, -0.15) is 0 Å². The second-order valence-corrected chi connectivity index (χ2v) is 32.8. The van der Waals surface area contributed by atoms with Gasteiger partial charge < -0.3 is 33.8 Å². The Balaban J connectivity index is 5.18. The molecular weight excluding hydrogens is 1330 g/mol. The lowest BCUT2D eigenvalue weighted by molar-refractivity contribution is -0.161. The molecule has 2 unspecified atom stereocenters. The molecule has 5 atom stereocenters. The van der Waals surface area contributed by atoms with Gasteiger partial charge in [-0.3, -0.25) is 37.3 Å². The number of hydrogen-bond donors (Lipinski definition) is 3. The van der Waals surface area contributed by atoms with E-state index in [9.17, 15) is 43.2 Å². The Labute approximate surface area is 626 Å². The van der Waals surface area contributed by atoms with Crippen LogP contribution in [0.1, 0.15) is 451 Å². The molecule has 0 bridgehead atoms. The lowest BCUT2D eigenvalue weighted by atomic mass is 10.0. The fourth-order valence-electron chi connectivity index (χ4n) is 13.0. The van der Waals surface area contributed by atoms with E-state index >= 15 is 0 Å². The van der Waals surface area contributed by atoms with Crippen LogP contribution in [0.15, 0.2) is 0 Å². The summed E-state index contributed by atoms with van der Waals surface area (Å²) in [6.45, 7) is 5.01. The molecule has 0 aliphatic rings. The fourth-order valence-corrected chi connectivity index (χ4v) is 14.6. The van der Waals surface area contributed by atoms with Crippen LogP contribution in [0.25, 0.3) is 0 Å². The lowest BCUT2D eigenvalue weighted by Crippen LogP contribution is -2.30. The van der Waals surface area contributed by atoms with Crippen molar-refractivity contribution >= 4 is 39.5 Å². The zero-order valence-electron chi connectivity index (χ0n) is 66.6. The van der Waals surface area contributed by atoms with Gasteiger partial charge in [0, 0.05) is 25.7 Å². The Kier molecular flexibility index (Phi) is 75.8. The van der Waals surface area contributed by atoms with E-state index in [1.165, 1.54) is 283 Å². The van der Waals surface area contributed by atoms with Crippen molar-refractivity contribution in [3.63, 3.8) is 0 Å². The van der Waals surface area contributed by atoms with Gasteiger partial charge in [0.25, 0.3) is 0 Å². The molecule has 0 saturated heterocycles. The molecule has 0 aromatic heterocycles. The summed E-state index contributed by atoms with van der Waals surface area (Å²) in [7, 11) is -9.92. The van der Waals surface area contributed by atoms with Gasteiger partial charge in [0.15, 0.2) is 12.2 Å². The molecule has 17 nitrogen and oxygen atoms in total. The number of hydrogen-bond acceptors (Lipinski definition) is 15. The predicted octanol–water partition coefficient (Wildman–Crippen LogP) is 25.4. The summed E-state index contributed by atoms with van der Waals surface area (Å²) in [5.74, 6) is -2.10. The van der Waals surface area contributed by atoms with Crippen molar-refractivity contribution in [3.05, 3.63) is 0 Å². The maximum atomic E-state index is 13.1. The van der Waals surface area contributed by atoms with Crippen LogP contribution in [0.4, 0.5) is 0 Å². The number of aliphatic hydroxyl groups is 1. The zero-order chi connectivity index (χ0) is 74.6. The summed E-state index contributed by atoms with van der Waals surface area (Å²) in [5, 5.41) is 10.6. The monoisotopic (exact) mass is 1490 g/mol. The number of esters is 4. The van der Waals surface area contributed by atoms with E-state index in [2.05, 4.69) is 27.7 Å². The number of phosphoric ester groups is 2. The Hall–Kier alpha value is -1.94. The number of phosphoric acid groups is 2. The van der Waals surface area contributed by atoms with Gasteiger partial charge in [0.05, 0.1) is 26.4 Å². The molecule has 0 aromatic carbocycles. The molecule has 0 saturated carbocycles. The van der Waals surface area contributed by atoms with Crippen molar-refractivity contribution < 1.29 is 80.2 Å². The maximum absolute atomic E-state index is 13.1. The van der Waals surface area contributed by atoms with Crippen molar-refractivity contribution in [1.29, 1.82) is 0 Å². The van der Waals surface area contributed by atoms with Gasteiger partial charge in [0.2, 0.25) is 0 Å². The number of carbonyl (C=O) groups excluding carboxylic acids is 4. The summed E-state index contributed by atoms with van der Waals surface area (Å²) in [5.41, 5.74) is 0. The second-order valence-electron chi connectivity index (χ2n) is 29.9. The van der Waals surface area contributed by atoms with E-state index in [4.69, 9.17) is 37.0 Å². The third kappa shape index (κ3) is 76.3. The van der Waals surface area contributed by atoms with Crippen molar-refractivity contribution in [1.82, 2.24) is 0 Å². The number of carbonyl (C=O) groups is 4. The molecule has 0 aromatic rings. The minimum atomic E-state index is -4.96. The van der Waals surface area contributed by atoms with Crippen LogP contribution in [-0.2, 0) is 65.4 Å². The van der Waals surface area contributed by atoms with E-state index < -0.39 is 97.5 Å². The van der Waals surface area contributed by atoms with E-state index in [1.54, 1.807) is 0 Å². The third-order valence-corrected chi connectivity index (χ3v) is 21.5. The second kappa shape index (κ2) is 77.2. The molecule has 0 spiro atoms. The van der Waals surface area contributed by atoms with Crippen LogP contribution in [-0.4, -0.2) is 96.7 Å². The topological polar surface area (TPSA) is 237 Å². The lowest BCUT2D eigenvalue weighted by Gasteiger charge is -2.21. The standard InChI is InChI=1S/C83H162O17P2/c1-5-9-13-17-21-25-28-31-33-35-37-38-39-41-43-45-47-50-54-58-62-66-70-83(88)100-79(74-94-81(86)68-64-60-56-52-49-46-44-42-40-36-34-32-29-26-22-18-14-10-6-2)76-98-102(91,92)96-72-77(84)71-95-101(89,90)97-75-78(73-93-80(85)67-63-59-55-51-24-20-16-12-8-4)99-82(87)69-65-61-57-53-48-30-27-23-19-15-11-7-3/h77-79,84H,5-76H2,1-4H3,(H,89,90)(H,91,92)/t77-,78+,79+/m0/s1. The molecule has 19 heteroatoms. The van der Waals surface area contributed by atoms with E-state index in [0.717, 1.165) is 89.9 Å². The highest BCUT2D eigenvalue weighted by molar-refractivity contribution is 7.47. The molecule has 0 amide bonds. The molecule has 0 aliphatic heterocycles. The number of ether oxygens (including phenoxy) is 4. The Morgan fingerprint density at radius 2 is 0.392 bits per heavy atom. The molecule has 0 heterocycles. The van der Waals surface area contributed by atoms with Gasteiger partial charge in [-0.05, 0) is 25.7 Å². The van der Waals surface area contributed by atoms with Gasteiger partial charge in [0.1, 0.15) is 19.3 Å². The predicted molar refractivity (Wildman–Crippen MR) is 419 cm³/mol. The summed E-state index contributed by atoms with van der Waals surface area (Å²) in [6, 6.07) is 0. The van der Waals surface area contributed by atoms with Crippen molar-refractivity contribution in [2.45, 2.75) is 470 Å². The summed E-state index contributed by atoms with van der Waals surface area (Å²) in [4.78, 5) is 73.0. The quantitative estimate of drug-likeness (QED) is 0.0222. The van der Waals surface area contributed by atoms with Crippen LogP contribution < -0.4 is 0 Å². The minimum Gasteiger partial charge on any atom is -0.462 e. The van der Waals surface area contributed by atoms with Crippen molar-refractivity contribution in [2.24, 2.45) is 0 Å². The van der Waals surface area contributed by atoms with E-state index in [1.807, 2.05) is 0 Å². The van der Waals surface area contributed by atoms with Gasteiger partial charge in [-0.15, -0.1) is 0 Å². The van der Waals surface area contributed by atoms with Crippen LogP contribution in [0.2, 0.25) is 0 Å². The normalized spacial score (nSPS) is 13.8. The zero-order valence-corrected chi connectivity index (χ0v) is 68.4. The Morgan fingerprint density at radius 3 is 0.578 bits per heavy atom. The Morgan fingerprint density at radius 1 is 0.235 bits per heavy atom. The molecule has 102 heavy (non-hydrogen) atoms. The first-order chi connectivity index (χ1) is 49.7. The molecule has 0 rings (SSSR count). The maximum Gasteiger partial charge on any atom is 0.472 e. The van der Waals surface area contributed by atoms with Gasteiger partial charge >= 0.3 is 39.5 Å². The van der Waals surface area contributed by atoms with Crippen LogP contribution in [0, 0.1) is 0 Å². The molecule has 0 radical (unpaired) electrons. The number of unbranched alkanes of at least 4 members (excludes halogenated alkanes) is 58. The van der Waals surface area contributed by atoms with Crippen LogP contribution in [0.3, 0.4) is 0 Å². The third-order valence-electron chi connectivity index (χ3n) is 19.6. The summed E-state index contributed by atoms with van der Waals surface area (Å²) in [6.07, 6.45) is 71.0. The largest absolute Gasteiger partial charge is 0.472 e. The van der Waals surface area contributed by atoms with Crippen LogP contribution >= 0.6 is 15.6 Å². The highest BCUT2D eigenvalue weighted by Crippen LogP contribution is 2.45. The summed E-state index contributed by atoms with van der Waals surface area (Å²) < 4.78 is 68.7. The average molecular weight is 1490 g/mol. The van der Waals surface area contributed by atoms with Crippen LogP contribution in [0.5, 0.6) is 0 Å². The average Bonchev–Trinajstić information content (AvgIpc) is 1.02. The minimum absolute atomic E-state index is 0.108. The highest BCUT2D eigenvalue weighted by atomic mass is 31.2. The molecule has 606 valence electrons. The van der Waals surface area contributed by atoms with Gasteiger partial charge in [-0.25, -0.2) is 9.13 Å². The SMILES string of the molecule is CCCCCCCCCCCCCCCCCCCCCCCCC(=O)O[C@H](COC(=O)CCCCCCCCCCCCCCCCCCCCC)COP(=O)(O)OC[C@@H](O)COP(=O)(O)OC[C@@H](COC(=O)CCCCCCCCCCC)OC(=O)CCCCCCCCCCCCCC. The van der Waals surface area contributed by atoms with Crippen molar-refractivity contribution in [3.8, 4) is 0 Å². The fraction of sp³-hybridized carbons (Fsp3) is 0.952. The molecule has 0 fully saturated rings. The summed E-state index contributed by atoms with van der Waals surface area (Å²) >= 11 is 0. The number of aliphatic hydroxyl groups excluding tert-OH is 1. The van der Waals surface area contributed by atoms with Crippen molar-refractivity contribution in [2.75, 3.05) is 39.6 Å². The van der Waals surface area contributed by atoms with E-state index in [0.29, 0.717) is 25.7 Å². The smallest absolute Gasteiger partial charge is 0.462 e. The Bertz CT molecular complexity index is 1930. The highest BCUT2D eigenvalue weighted by Gasteiger charge is 2.30.